The van der Waals surface area contributed by atoms with Crippen LogP contribution in [0.15, 0.2) is 30.3 Å². The van der Waals surface area contributed by atoms with Crippen LogP contribution in [0.25, 0.3) is 4.59 Å². The van der Waals surface area contributed by atoms with Gasteiger partial charge in [0.25, 0.3) is 0 Å². The number of hydrogen-bond donors (Lipinski definition) is 1. The molecule has 0 radical (unpaired) electrons. The van der Waals surface area contributed by atoms with Crippen molar-refractivity contribution >= 4 is 26.4 Å². The number of benzene rings is 1. The molecule has 1 heterocycles. The third kappa shape index (κ3) is 3.64. The molecule has 7 heteroatoms. The molecule has 1 N–H and O–H groups in total. The van der Waals surface area contributed by atoms with Gasteiger partial charge in [-0.25, -0.2) is 0 Å². The van der Waals surface area contributed by atoms with Gasteiger partial charge in [0.15, 0.2) is 0 Å². The molecule has 2 rings (SSSR count). The molecule has 2 amide bonds. The van der Waals surface area contributed by atoms with Gasteiger partial charge in [-0.1, -0.05) is 6.07 Å². The molecule has 0 spiro atoms. The number of anilines is 1. The van der Waals surface area contributed by atoms with Gasteiger partial charge in [0.2, 0.25) is 0 Å². The van der Waals surface area contributed by atoms with Crippen LogP contribution >= 0.6 is 8.88 Å². The summed E-state index contributed by atoms with van der Waals surface area (Å²) >= 11 is 0. The first-order chi connectivity index (χ1) is 9.72. The maximum atomic E-state index is 12.0. The van der Waals surface area contributed by atoms with Gasteiger partial charge in [0.05, 0.1) is 0 Å². The van der Waals surface area contributed by atoms with E-state index in [0.717, 1.165) is 5.69 Å². The summed E-state index contributed by atoms with van der Waals surface area (Å²) < 4.78 is 3.64. The minimum atomic E-state index is -0.0871. The number of carbonyl (C=O) groups is 2. The summed E-state index contributed by atoms with van der Waals surface area (Å²) in [6, 6.07) is 9.35. The molecule has 0 bridgehead atoms. The molecule has 1 aromatic carbocycles. The van der Waals surface area contributed by atoms with Crippen molar-refractivity contribution in [3.8, 4) is 0 Å². The Labute approximate surface area is 119 Å². The van der Waals surface area contributed by atoms with Crippen LogP contribution in [0, 0.1) is 0 Å². The van der Waals surface area contributed by atoms with Crippen LogP contribution < -0.4 is 10.2 Å². The molecule has 0 aliphatic carbocycles. The Hall–Kier alpha value is -1.74. The third-order valence-electron chi connectivity index (χ3n) is 3.02. The fourth-order valence-corrected chi connectivity index (χ4v) is 2.09. The Morgan fingerprint density at radius 1 is 1.35 bits per heavy atom. The quantitative estimate of drug-likeness (QED) is 0.653. The number of nitrogens with one attached hydrogen (secondary N) is 1. The van der Waals surface area contributed by atoms with Crippen molar-refractivity contribution in [3.05, 3.63) is 34.9 Å². The van der Waals surface area contributed by atoms with Crippen LogP contribution in [-0.4, -0.2) is 49.6 Å². The van der Waals surface area contributed by atoms with E-state index in [-0.39, 0.29) is 24.9 Å². The summed E-state index contributed by atoms with van der Waals surface area (Å²) in [5.41, 5.74) is 0.814. The van der Waals surface area contributed by atoms with Gasteiger partial charge in [0.1, 0.15) is 0 Å². The Morgan fingerprint density at radius 3 is 2.80 bits per heavy atom. The molecule has 0 saturated carbocycles. The zero-order valence-electron chi connectivity index (χ0n) is 11.0. The zero-order chi connectivity index (χ0) is 14.4. The molecule has 1 aliphatic heterocycles. The molecular formula is C13H16N4O2P+. The molecule has 104 valence electrons. The molecule has 1 fully saturated rings. The van der Waals surface area contributed by atoms with Crippen LogP contribution in [0.3, 0.4) is 0 Å². The van der Waals surface area contributed by atoms with Crippen molar-refractivity contribution < 1.29 is 9.59 Å². The second-order valence-electron chi connectivity index (χ2n) is 4.43. The Morgan fingerprint density at radius 2 is 2.10 bits per heavy atom. The topological polar surface area (TPSA) is 57.0 Å². The van der Waals surface area contributed by atoms with Crippen LogP contribution in [0.1, 0.15) is 0 Å². The number of nitrogens with zero attached hydrogens (tertiary/aromatic N) is 3. The Bertz CT molecular complexity index is 529. The minimum absolute atomic E-state index is 0.0603. The first kappa shape index (κ1) is 14.7. The SMILES string of the molecule is O=C(CNCC[N+]#P)N1CC(=O)N(c2ccccc2)C1. The van der Waals surface area contributed by atoms with Crippen LogP contribution in [0.4, 0.5) is 5.69 Å². The number of para-hydroxylation sites is 1. The first-order valence-corrected chi connectivity index (χ1v) is 6.77. The second kappa shape index (κ2) is 7.15. The summed E-state index contributed by atoms with van der Waals surface area (Å²) in [6.07, 6.45) is 0. The number of hydrogen-bond acceptors (Lipinski definition) is 3. The summed E-state index contributed by atoms with van der Waals surface area (Å²) in [5.74, 6) is -0.147. The van der Waals surface area contributed by atoms with Gasteiger partial charge < -0.3 is 0 Å². The fourth-order valence-electron chi connectivity index (χ4n) is 1.99. The van der Waals surface area contributed by atoms with Crippen molar-refractivity contribution in [1.29, 1.82) is 0 Å². The van der Waals surface area contributed by atoms with Gasteiger partial charge >= 0.3 is 113 Å². The van der Waals surface area contributed by atoms with Crippen molar-refractivity contribution in [2.24, 2.45) is 0 Å². The maximum absolute atomic E-state index is 12.0. The number of rotatable bonds is 5. The number of amides is 2. The first-order valence-electron chi connectivity index (χ1n) is 6.37. The average Bonchev–Trinajstić information content (AvgIpc) is 2.86. The molecule has 1 aromatic rings. The van der Waals surface area contributed by atoms with Crippen LogP contribution in [0.5, 0.6) is 0 Å². The number of carbonyl (C=O) groups excluding carboxylic acids is 2. The zero-order valence-corrected chi connectivity index (χ0v) is 11.9. The summed E-state index contributed by atoms with van der Waals surface area (Å²) in [4.78, 5) is 27.1. The van der Waals surface area contributed by atoms with Crippen molar-refractivity contribution in [1.82, 2.24) is 10.2 Å². The molecule has 1 aliphatic rings. The molecule has 0 unspecified atom stereocenters. The van der Waals surface area contributed by atoms with Gasteiger partial charge in [-0.15, -0.1) is 0 Å². The summed E-state index contributed by atoms with van der Waals surface area (Å²) in [5, 5.41) is 2.97. The summed E-state index contributed by atoms with van der Waals surface area (Å²) in [7, 11) is 3.73. The van der Waals surface area contributed by atoms with E-state index in [9.17, 15) is 9.59 Å². The predicted octanol–water partition coefficient (Wildman–Crippen LogP) is 1.11. The van der Waals surface area contributed by atoms with Crippen LogP contribution in [-0.2, 0) is 9.59 Å². The van der Waals surface area contributed by atoms with Gasteiger partial charge in [0, 0.05) is 0 Å². The molecule has 0 aromatic heterocycles. The Kier molecular flexibility index (Phi) is 5.24. The van der Waals surface area contributed by atoms with Crippen LogP contribution in [0.2, 0.25) is 0 Å². The van der Waals surface area contributed by atoms with E-state index in [1.165, 1.54) is 0 Å². The molecule has 6 nitrogen and oxygen atoms in total. The normalized spacial score (nSPS) is 14.4. The Balaban J connectivity index is 1.89. The average molecular weight is 291 g/mol. The fraction of sp³-hybridized carbons (Fsp3) is 0.385. The van der Waals surface area contributed by atoms with Gasteiger partial charge in [-0.3, -0.25) is 0 Å². The van der Waals surface area contributed by atoms with Crippen molar-refractivity contribution in [2.45, 2.75) is 0 Å². The molecular weight excluding hydrogens is 275 g/mol. The van der Waals surface area contributed by atoms with E-state index in [4.69, 9.17) is 0 Å². The standard InChI is InChI=1S/C13H16N4O2P/c18-12(8-14-6-7-15-20)16-9-13(19)17(10-16)11-4-2-1-3-5-11/h1-5,14H,6-10H2/q+1. The van der Waals surface area contributed by atoms with Crippen molar-refractivity contribution in [2.75, 3.05) is 37.7 Å². The van der Waals surface area contributed by atoms with Gasteiger partial charge in [-0.05, 0) is 0 Å². The van der Waals surface area contributed by atoms with Crippen molar-refractivity contribution in [3.63, 3.8) is 0 Å². The monoisotopic (exact) mass is 291 g/mol. The van der Waals surface area contributed by atoms with E-state index in [1.54, 1.807) is 9.80 Å². The second-order valence-corrected chi connectivity index (χ2v) is 4.72. The van der Waals surface area contributed by atoms with E-state index in [1.807, 2.05) is 30.3 Å². The van der Waals surface area contributed by atoms with E-state index >= 15 is 0 Å². The molecule has 20 heavy (non-hydrogen) atoms. The predicted molar refractivity (Wildman–Crippen MR) is 78.5 cm³/mol. The molecule has 1 saturated heterocycles. The summed E-state index contributed by atoms with van der Waals surface area (Å²) in [6.45, 7) is 1.79. The molecule has 0 atom stereocenters. The van der Waals surface area contributed by atoms with E-state index in [0.29, 0.717) is 19.8 Å². The van der Waals surface area contributed by atoms with Gasteiger partial charge in [-0.2, -0.15) is 0 Å². The van der Waals surface area contributed by atoms with E-state index < -0.39 is 0 Å². The van der Waals surface area contributed by atoms with E-state index in [2.05, 4.69) is 18.8 Å². The third-order valence-corrected chi connectivity index (χ3v) is 3.22.